The normalized spacial score (nSPS) is 11.8. The lowest BCUT2D eigenvalue weighted by Crippen LogP contribution is -2.27. The molecule has 0 saturated carbocycles. The fourth-order valence-electron chi connectivity index (χ4n) is 1.32. The molecule has 0 heterocycles. The molecule has 0 amide bonds. The maximum Gasteiger partial charge on any atom is 0.333 e. The third-order valence-electron chi connectivity index (χ3n) is 2.52. The maximum absolute atomic E-state index is 10.8. The van der Waals surface area contributed by atoms with Gasteiger partial charge in [0.2, 0.25) is 0 Å². The van der Waals surface area contributed by atoms with Crippen molar-refractivity contribution in [3.05, 3.63) is 23.3 Å². The summed E-state index contributed by atoms with van der Waals surface area (Å²) in [4.78, 5) is 21.3. The maximum atomic E-state index is 10.8. The number of esters is 1. The average Bonchev–Trinajstić information content (AvgIpc) is 2.36. The zero-order valence-corrected chi connectivity index (χ0v) is 14.1. The molecular formula is C16H28O6. The molecule has 22 heavy (non-hydrogen) atoms. The molecular weight excluding hydrogens is 288 g/mol. The average molecular weight is 316 g/mol. The van der Waals surface area contributed by atoms with Crippen LogP contribution in [0.3, 0.4) is 0 Å². The van der Waals surface area contributed by atoms with Crippen molar-refractivity contribution < 1.29 is 29.6 Å². The highest BCUT2D eigenvalue weighted by Gasteiger charge is 2.15. The Morgan fingerprint density at radius 1 is 1.23 bits per heavy atom. The Labute approximate surface area is 132 Å². The first-order valence-electron chi connectivity index (χ1n) is 7.04. The Balaban J connectivity index is 0. The molecule has 0 aliphatic rings. The summed E-state index contributed by atoms with van der Waals surface area (Å²) in [6.07, 6.45) is 0.969. The second kappa shape index (κ2) is 11.0. The van der Waals surface area contributed by atoms with Gasteiger partial charge in [-0.25, -0.2) is 9.59 Å². The van der Waals surface area contributed by atoms with E-state index in [1.165, 1.54) is 0 Å². The lowest BCUT2D eigenvalue weighted by molar-refractivity contribution is -0.145. The number of aliphatic hydroxyl groups excluding tert-OH is 1. The minimum atomic E-state index is -0.967. The van der Waals surface area contributed by atoms with Gasteiger partial charge in [-0.1, -0.05) is 19.1 Å². The number of carbonyl (C=O) groups is 2. The summed E-state index contributed by atoms with van der Waals surface area (Å²) in [5.41, 5.74) is 0.557. The lowest BCUT2D eigenvalue weighted by Gasteiger charge is -2.16. The fourth-order valence-corrected chi connectivity index (χ4v) is 1.32. The topological polar surface area (TPSA) is 104 Å². The molecule has 0 unspecified atom stereocenters. The highest BCUT2D eigenvalue weighted by Crippen LogP contribution is 2.11. The van der Waals surface area contributed by atoms with Crippen molar-refractivity contribution in [2.75, 3.05) is 13.2 Å². The Hall–Kier alpha value is -1.66. The molecule has 0 aromatic heterocycles. The zero-order chi connectivity index (χ0) is 17.9. The first-order chi connectivity index (χ1) is 9.96. The monoisotopic (exact) mass is 316 g/mol. The van der Waals surface area contributed by atoms with E-state index in [9.17, 15) is 9.59 Å². The molecule has 128 valence electrons. The van der Waals surface area contributed by atoms with Gasteiger partial charge in [0.05, 0.1) is 5.60 Å². The minimum Gasteiger partial charge on any atom is -0.478 e. The quantitative estimate of drug-likeness (QED) is 0.490. The van der Waals surface area contributed by atoms with E-state index in [0.717, 1.165) is 5.57 Å². The van der Waals surface area contributed by atoms with Crippen LogP contribution in [0.25, 0.3) is 0 Å². The summed E-state index contributed by atoms with van der Waals surface area (Å²) in [6.45, 7) is 11.6. The van der Waals surface area contributed by atoms with Gasteiger partial charge in [0.15, 0.2) is 0 Å². The van der Waals surface area contributed by atoms with E-state index in [-0.39, 0.29) is 13.2 Å². The van der Waals surface area contributed by atoms with Crippen LogP contribution in [0.4, 0.5) is 0 Å². The number of aliphatic carboxylic acids is 1. The van der Waals surface area contributed by atoms with Crippen LogP contribution in [0, 0.1) is 0 Å². The van der Waals surface area contributed by atoms with Crippen molar-refractivity contribution in [3.63, 3.8) is 0 Å². The molecule has 0 atom stereocenters. The molecule has 0 radical (unpaired) electrons. The second-order valence-corrected chi connectivity index (χ2v) is 5.56. The summed E-state index contributed by atoms with van der Waals surface area (Å²) in [5.74, 6) is -1.34. The SMILES string of the molecule is C=C(C)C(=O)OCC(C)(C)O.CCC(C(=O)O)=C(C)CCO. The third-order valence-corrected chi connectivity index (χ3v) is 2.52. The van der Waals surface area contributed by atoms with Gasteiger partial charge in [-0.3, -0.25) is 0 Å². The predicted molar refractivity (Wildman–Crippen MR) is 84.4 cm³/mol. The van der Waals surface area contributed by atoms with Crippen molar-refractivity contribution in [2.24, 2.45) is 0 Å². The summed E-state index contributed by atoms with van der Waals surface area (Å²) in [6, 6.07) is 0. The van der Waals surface area contributed by atoms with Crippen LogP contribution < -0.4 is 0 Å². The van der Waals surface area contributed by atoms with Crippen LogP contribution in [0.2, 0.25) is 0 Å². The smallest absolute Gasteiger partial charge is 0.333 e. The van der Waals surface area contributed by atoms with E-state index >= 15 is 0 Å². The van der Waals surface area contributed by atoms with Crippen molar-refractivity contribution in [1.29, 1.82) is 0 Å². The van der Waals surface area contributed by atoms with Gasteiger partial charge in [0, 0.05) is 17.8 Å². The van der Waals surface area contributed by atoms with Crippen molar-refractivity contribution in [3.8, 4) is 0 Å². The van der Waals surface area contributed by atoms with Crippen LogP contribution in [0.1, 0.15) is 47.5 Å². The lowest BCUT2D eigenvalue weighted by atomic mass is 10.1. The van der Waals surface area contributed by atoms with Gasteiger partial charge in [0.25, 0.3) is 0 Å². The van der Waals surface area contributed by atoms with Gasteiger partial charge in [-0.15, -0.1) is 0 Å². The van der Waals surface area contributed by atoms with Crippen LogP contribution >= 0.6 is 0 Å². The van der Waals surface area contributed by atoms with E-state index < -0.39 is 17.5 Å². The number of carboxylic acid groups (broad SMARTS) is 1. The first-order valence-corrected chi connectivity index (χ1v) is 7.04. The number of rotatable bonds is 7. The number of carbonyl (C=O) groups excluding carboxylic acids is 1. The Morgan fingerprint density at radius 3 is 2.00 bits per heavy atom. The number of hydrogen-bond donors (Lipinski definition) is 3. The van der Waals surface area contributed by atoms with Crippen molar-refractivity contribution in [1.82, 2.24) is 0 Å². The van der Waals surface area contributed by atoms with E-state index in [1.807, 2.05) is 0 Å². The number of ether oxygens (including phenoxy) is 1. The van der Waals surface area contributed by atoms with Gasteiger partial charge >= 0.3 is 11.9 Å². The summed E-state index contributed by atoms with van der Waals surface area (Å²) in [5, 5.41) is 26.3. The molecule has 0 fully saturated rings. The molecule has 0 aromatic carbocycles. The number of aliphatic hydroxyl groups is 2. The van der Waals surface area contributed by atoms with Crippen LogP contribution in [0.15, 0.2) is 23.3 Å². The van der Waals surface area contributed by atoms with E-state index in [2.05, 4.69) is 11.3 Å². The molecule has 0 aromatic rings. The first kappa shape index (κ1) is 22.6. The highest BCUT2D eigenvalue weighted by atomic mass is 16.5. The largest absolute Gasteiger partial charge is 0.478 e. The van der Waals surface area contributed by atoms with Crippen molar-refractivity contribution in [2.45, 2.75) is 53.1 Å². The molecule has 6 nitrogen and oxygen atoms in total. The molecule has 0 bridgehead atoms. The standard InChI is InChI=1S/2C8H14O3/c1-6(2)7(9)11-5-8(3,4)10;1-3-7(8(10)11)6(2)4-5-9/h10H,1,5H2,2-4H3;9H,3-5H2,1-2H3,(H,10,11). The van der Waals surface area contributed by atoms with Gasteiger partial charge < -0.3 is 20.1 Å². The minimum absolute atomic E-state index is 0.00130. The number of hydrogen-bond acceptors (Lipinski definition) is 5. The van der Waals surface area contributed by atoms with Gasteiger partial charge in [0.1, 0.15) is 6.61 Å². The highest BCUT2D eigenvalue weighted by molar-refractivity contribution is 5.87. The summed E-state index contributed by atoms with van der Waals surface area (Å²) < 4.78 is 4.68. The van der Waals surface area contributed by atoms with E-state index in [4.69, 9.17) is 15.3 Å². The Morgan fingerprint density at radius 2 is 1.73 bits per heavy atom. The molecule has 6 heteroatoms. The second-order valence-electron chi connectivity index (χ2n) is 5.56. The van der Waals surface area contributed by atoms with E-state index in [1.54, 1.807) is 34.6 Å². The molecule has 0 aliphatic heterocycles. The van der Waals surface area contributed by atoms with Gasteiger partial charge in [-0.2, -0.15) is 0 Å². The Kier molecular flexibility index (Phi) is 11.3. The van der Waals surface area contributed by atoms with Crippen LogP contribution in [-0.2, 0) is 14.3 Å². The molecule has 0 saturated heterocycles. The fraction of sp³-hybridized carbons (Fsp3) is 0.625. The molecule has 0 spiro atoms. The Bertz CT molecular complexity index is 415. The molecule has 3 N–H and O–H groups in total. The van der Waals surface area contributed by atoms with Crippen LogP contribution in [0.5, 0.6) is 0 Å². The summed E-state index contributed by atoms with van der Waals surface area (Å²) >= 11 is 0. The zero-order valence-electron chi connectivity index (χ0n) is 14.1. The van der Waals surface area contributed by atoms with Crippen LogP contribution in [-0.4, -0.2) is 46.1 Å². The predicted octanol–water partition coefficient (Wildman–Crippen LogP) is 2.06. The molecule has 0 aliphatic carbocycles. The van der Waals surface area contributed by atoms with Crippen molar-refractivity contribution >= 4 is 11.9 Å². The van der Waals surface area contributed by atoms with E-state index in [0.29, 0.717) is 24.0 Å². The third kappa shape index (κ3) is 12.1. The number of carboxylic acids is 1. The molecule has 0 rings (SSSR count). The summed E-state index contributed by atoms with van der Waals surface area (Å²) in [7, 11) is 0. The van der Waals surface area contributed by atoms with Gasteiger partial charge in [-0.05, 0) is 40.5 Å².